The number of likely N-dealkylation sites (tertiary alicyclic amines) is 1. The number of ether oxygens (including phenoxy) is 1. The largest absolute Gasteiger partial charge is 0.452 e. The fourth-order valence-corrected chi connectivity index (χ4v) is 3.54. The number of piperidine rings is 1. The quantitative estimate of drug-likeness (QED) is 0.646. The summed E-state index contributed by atoms with van der Waals surface area (Å²) in [4.78, 5) is 50.5. The summed E-state index contributed by atoms with van der Waals surface area (Å²) in [6.45, 7) is 2.25. The average Bonchev–Trinajstić information content (AvgIpc) is 2.79. The zero-order chi connectivity index (χ0) is 23.3. The first-order valence-corrected chi connectivity index (χ1v) is 10.6. The Kier molecular flexibility index (Phi) is 7.48. The molecule has 0 radical (unpaired) electrons. The lowest BCUT2D eigenvalue weighted by atomic mass is 9.97. The fourth-order valence-electron chi connectivity index (χ4n) is 3.41. The van der Waals surface area contributed by atoms with Gasteiger partial charge in [0.2, 0.25) is 5.91 Å². The van der Waals surface area contributed by atoms with Gasteiger partial charge in [-0.05, 0) is 68.3 Å². The summed E-state index contributed by atoms with van der Waals surface area (Å²) in [6.07, 6.45) is 0.207. The Morgan fingerprint density at radius 2 is 1.69 bits per heavy atom. The van der Waals surface area contributed by atoms with Crippen molar-refractivity contribution in [2.24, 2.45) is 11.7 Å². The Morgan fingerprint density at radius 3 is 2.31 bits per heavy atom. The standard InChI is InChI=1S/C23H24ClN3O5/c1-14(21(29)26-19-10-6-15(7-11-19)20(25)28)32-23(31)17-3-2-12-27(13-17)22(30)16-4-8-18(24)9-5-16/h4-11,14,17H,2-3,12-13H2,1H3,(H2,25,28)(H,26,29)/t14-,17+/m0/s1. The van der Waals surface area contributed by atoms with Crippen LogP contribution < -0.4 is 11.1 Å². The zero-order valence-corrected chi connectivity index (χ0v) is 18.3. The van der Waals surface area contributed by atoms with Gasteiger partial charge < -0.3 is 20.7 Å². The Bertz CT molecular complexity index is 1010. The van der Waals surface area contributed by atoms with Crippen LogP contribution in [0.1, 0.15) is 40.5 Å². The first kappa shape index (κ1) is 23.3. The molecule has 1 saturated heterocycles. The second-order valence-corrected chi connectivity index (χ2v) is 8.04. The predicted octanol–water partition coefficient (Wildman–Crippen LogP) is 2.86. The van der Waals surface area contributed by atoms with E-state index in [0.717, 1.165) is 0 Å². The molecule has 3 N–H and O–H groups in total. The number of benzene rings is 2. The molecule has 0 saturated carbocycles. The van der Waals surface area contributed by atoms with E-state index >= 15 is 0 Å². The minimum absolute atomic E-state index is 0.177. The van der Waals surface area contributed by atoms with Crippen molar-refractivity contribution in [1.82, 2.24) is 4.90 Å². The van der Waals surface area contributed by atoms with Crippen LogP contribution in [0.25, 0.3) is 0 Å². The minimum Gasteiger partial charge on any atom is -0.452 e. The number of nitrogens with two attached hydrogens (primary N) is 1. The molecule has 0 spiro atoms. The fraction of sp³-hybridized carbons (Fsp3) is 0.304. The monoisotopic (exact) mass is 457 g/mol. The summed E-state index contributed by atoms with van der Waals surface area (Å²) >= 11 is 5.87. The van der Waals surface area contributed by atoms with E-state index in [9.17, 15) is 19.2 Å². The van der Waals surface area contributed by atoms with Gasteiger partial charge in [-0.25, -0.2) is 0 Å². The number of anilines is 1. The van der Waals surface area contributed by atoms with E-state index in [1.807, 2.05) is 0 Å². The molecule has 32 heavy (non-hydrogen) atoms. The molecule has 2 atom stereocenters. The summed E-state index contributed by atoms with van der Waals surface area (Å²) in [5.41, 5.74) is 6.45. The van der Waals surface area contributed by atoms with Crippen molar-refractivity contribution in [2.75, 3.05) is 18.4 Å². The van der Waals surface area contributed by atoms with E-state index in [1.54, 1.807) is 29.2 Å². The molecule has 9 heteroatoms. The van der Waals surface area contributed by atoms with Crippen LogP contribution >= 0.6 is 11.6 Å². The van der Waals surface area contributed by atoms with Crippen LogP contribution in [0.3, 0.4) is 0 Å². The third-order valence-electron chi connectivity index (χ3n) is 5.23. The number of halogens is 1. The molecule has 1 aliphatic rings. The maximum absolute atomic E-state index is 12.7. The van der Waals surface area contributed by atoms with Gasteiger partial charge >= 0.3 is 5.97 Å². The van der Waals surface area contributed by atoms with Crippen molar-refractivity contribution in [3.05, 3.63) is 64.7 Å². The number of hydrogen-bond acceptors (Lipinski definition) is 5. The van der Waals surface area contributed by atoms with E-state index < -0.39 is 29.8 Å². The van der Waals surface area contributed by atoms with Crippen molar-refractivity contribution < 1.29 is 23.9 Å². The lowest BCUT2D eigenvalue weighted by Gasteiger charge is -2.32. The zero-order valence-electron chi connectivity index (χ0n) is 17.5. The number of carbonyl (C=O) groups excluding carboxylic acids is 4. The van der Waals surface area contributed by atoms with E-state index in [0.29, 0.717) is 41.2 Å². The van der Waals surface area contributed by atoms with Crippen molar-refractivity contribution in [3.63, 3.8) is 0 Å². The van der Waals surface area contributed by atoms with Crippen molar-refractivity contribution in [2.45, 2.75) is 25.9 Å². The highest BCUT2D eigenvalue weighted by atomic mass is 35.5. The molecule has 0 aromatic heterocycles. The molecule has 3 rings (SSSR count). The number of hydrogen-bond donors (Lipinski definition) is 2. The lowest BCUT2D eigenvalue weighted by molar-refractivity contribution is -0.158. The van der Waals surface area contributed by atoms with Gasteiger partial charge in [0, 0.05) is 34.9 Å². The van der Waals surface area contributed by atoms with Crippen LogP contribution in [0.5, 0.6) is 0 Å². The molecule has 0 aliphatic carbocycles. The Morgan fingerprint density at radius 1 is 1.06 bits per heavy atom. The SMILES string of the molecule is C[C@H](OC(=O)[C@@H]1CCCN(C(=O)c2ccc(Cl)cc2)C1)C(=O)Nc1ccc(C(N)=O)cc1. The minimum atomic E-state index is -1.03. The van der Waals surface area contributed by atoms with Gasteiger partial charge in [0.25, 0.3) is 11.8 Å². The molecule has 1 fully saturated rings. The number of nitrogens with one attached hydrogen (secondary N) is 1. The number of rotatable bonds is 6. The topological polar surface area (TPSA) is 119 Å². The van der Waals surface area contributed by atoms with Crippen LogP contribution in [0.4, 0.5) is 5.69 Å². The van der Waals surface area contributed by atoms with E-state index in [1.165, 1.54) is 31.2 Å². The summed E-state index contributed by atoms with van der Waals surface area (Å²) in [5, 5.41) is 3.17. The van der Waals surface area contributed by atoms with E-state index in [2.05, 4.69) is 5.32 Å². The van der Waals surface area contributed by atoms with Gasteiger partial charge in [-0.2, -0.15) is 0 Å². The molecule has 0 bridgehead atoms. The van der Waals surface area contributed by atoms with Crippen molar-refractivity contribution >= 4 is 41.0 Å². The molecular formula is C23H24ClN3O5. The molecule has 168 valence electrons. The third-order valence-corrected chi connectivity index (χ3v) is 5.48. The number of esters is 1. The van der Waals surface area contributed by atoms with Crippen LogP contribution in [-0.2, 0) is 14.3 Å². The van der Waals surface area contributed by atoms with Gasteiger partial charge in [0.05, 0.1) is 5.92 Å². The summed E-state index contributed by atoms with van der Waals surface area (Å²) in [6, 6.07) is 12.6. The molecule has 1 aliphatic heterocycles. The van der Waals surface area contributed by atoms with Gasteiger partial charge in [0.1, 0.15) is 0 Å². The molecule has 2 aromatic rings. The predicted molar refractivity (Wildman–Crippen MR) is 119 cm³/mol. The highest BCUT2D eigenvalue weighted by Gasteiger charge is 2.31. The smallest absolute Gasteiger partial charge is 0.311 e. The maximum atomic E-state index is 12.7. The second kappa shape index (κ2) is 10.3. The van der Waals surface area contributed by atoms with Gasteiger partial charge in [-0.15, -0.1) is 0 Å². The van der Waals surface area contributed by atoms with Crippen LogP contribution in [0.15, 0.2) is 48.5 Å². The summed E-state index contributed by atoms with van der Waals surface area (Å²) < 4.78 is 5.35. The molecule has 2 aromatic carbocycles. The number of nitrogens with zero attached hydrogens (tertiary/aromatic N) is 1. The Hall–Kier alpha value is -3.39. The third kappa shape index (κ3) is 5.85. The van der Waals surface area contributed by atoms with Crippen LogP contribution in [0, 0.1) is 5.92 Å². The van der Waals surface area contributed by atoms with Crippen LogP contribution in [0.2, 0.25) is 5.02 Å². The van der Waals surface area contributed by atoms with Crippen molar-refractivity contribution in [3.8, 4) is 0 Å². The van der Waals surface area contributed by atoms with Gasteiger partial charge in [-0.1, -0.05) is 11.6 Å². The second-order valence-electron chi connectivity index (χ2n) is 7.61. The van der Waals surface area contributed by atoms with E-state index in [-0.39, 0.29) is 12.5 Å². The molecule has 8 nitrogen and oxygen atoms in total. The highest BCUT2D eigenvalue weighted by molar-refractivity contribution is 6.30. The first-order valence-electron chi connectivity index (χ1n) is 10.2. The van der Waals surface area contributed by atoms with E-state index in [4.69, 9.17) is 22.1 Å². The molecule has 3 amide bonds. The van der Waals surface area contributed by atoms with Gasteiger partial charge in [0.15, 0.2) is 6.10 Å². The van der Waals surface area contributed by atoms with Crippen LogP contribution in [-0.4, -0.2) is 47.8 Å². The number of amides is 3. The Balaban J connectivity index is 1.54. The summed E-state index contributed by atoms with van der Waals surface area (Å²) in [7, 11) is 0. The molecule has 1 heterocycles. The molecular weight excluding hydrogens is 434 g/mol. The maximum Gasteiger partial charge on any atom is 0.311 e. The summed E-state index contributed by atoms with van der Waals surface area (Å²) in [5.74, 6) is -2.28. The lowest BCUT2D eigenvalue weighted by Crippen LogP contribution is -2.44. The number of carbonyl (C=O) groups is 4. The first-order chi connectivity index (χ1) is 15.2. The highest BCUT2D eigenvalue weighted by Crippen LogP contribution is 2.21. The normalized spacial score (nSPS) is 16.7. The van der Waals surface area contributed by atoms with Gasteiger partial charge in [-0.3, -0.25) is 19.2 Å². The average molecular weight is 458 g/mol. The Labute approximate surface area is 190 Å². The number of primary amides is 1. The molecule has 0 unspecified atom stereocenters. The van der Waals surface area contributed by atoms with Crippen molar-refractivity contribution in [1.29, 1.82) is 0 Å².